The Bertz CT molecular complexity index is 546. The van der Waals surface area contributed by atoms with Crippen molar-refractivity contribution in [1.82, 2.24) is 0 Å². The lowest BCUT2D eigenvalue weighted by Crippen LogP contribution is -2.17. The molecule has 0 bridgehead atoms. The molecule has 0 aliphatic carbocycles. The third-order valence-corrected chi connectivity index (χ3v) is 2.02. The van der Waals surface area contributed by atoms with Gasteiger partial charge in [0.05, 0.1) is 0 Å². The second-order valence-corrected chi connectivity index (χ2v) is 3.35. The Labute approximate surface area is 101 Å². The van der Waals surface area contributed by atoms with E-state index in [2.05, 4.69) is 4.74 Å². The topological polar surface area (TPSA) is 56.8 Å². The van der Waals surface area contributed by atoms with Crippen LogP contribution in [0.5, 0.6) is 5.75 Å². The molecule has 92 valence electrons. The Kier molecular flexibility index (Phi) is 3.96. The van der Waals surface area contributed by atoms with Crippen molar-refractivity contribution in [2.75, 3.05) is 0 Å². The van der Waals surface area contributed by atoms with Crippen LogP contribution in [0.25, 0.3) is 6.08 Å². The standard InChI is InChI=1S/C12H7F3N2O/c1-8-4-11(18-12(13,14)15)3-2-10(8)5-9(6-16)7-17/h2-5H,1H3. The molecule has 1 aromatic carbocycles. The SMILES string of the molecule is Cc1cc(OC(F)(F)F)ccc1C=C(C#N)C#N. The zero-order valence-electron chi connectivity index (χ0n) is 9.25. The van der Waals surface area contributed by atoms with Gasteiger partial charge in [-0.1, -0.05) is 6.07 Å². The van der Waals surface area contributed by atoms with Gasteiger partial charge in [0, 0.05) is 0 Å². The third kappa shape index (κ3) is 3.84. The first-order valence-electron chi connectivity index (χ1n) is 4.74. The van der Waals surface area contributed by atoms with Gasteiger partial charge in [0.15, 0.2) is 0 Å². The number of rotatable bonds is 2. The van der Waals surface area contributed by atoms with Gasteiger partial charge in [-0.05, 0) is 36.3 Å². The highest BCUT2D eigenvalue weighted by molar-refractivity contribution is 5.64. The fourth-order valence-corrected chi connectivity index (χ4v) is 1.25. The number of allylic oxidation sites excluding steroid dienone is 1. The fourth-order valence-electron chi connectivity index (χ4n) is 1.25. The fraction of sp³-hybridized carbons (Fsp3) is 0.167. The van der Waals surface area contributed by atoms with Gasteiger partial charge in [0.2, 0.25) is 0 Å². The van der Waals surface area contributed by atoms with E-state index in [1.807, 2.05) is 0 Å². The van der Waals surface area contributed by atoms with E-state index in [1.54, 1.807) is 19.1 Å². The minimum atomic E-state index is -4.74. The Hall–Kier alpha value is -2.47. The van der Waals surface area contributed by atoms with Gasteiger partial charge in [-0.15, -0.1) is 13.2 Å². The van der Waals surface area contributed by atoms with Gasteiger partial charge in [0.1, 0.15) is 23.5 Å². The van der Waals surface area contributed by atoms with Crippen LogP contribution in [0.4, 0.5) is 13.2 Å². The Morgan fingerprint density at radius 1 is 1.28 bits per heavy atom. The van der Waals surface area contributed by atoms with E-state index in [9.17, 15) is 13.2 Å². The molecule has 0 spiro atoms. The van der Waals surface area contributed by atoms with E-state index in [1.165, 1.54) is 18.2 Å². The lowest BCUT2D eigenvalue weighted by molar-refractivity contribution is -0.274. The van der Waals surface area contributed by atoms with E-state index in [-0.39, 0.29) is 11.3 Å². The van der Waals surface area contributed by atoms with E-state index >= 15 is 0 Å². The van der Waals surface area contributed by atoms with Crippen molar-refractivity contribution in [3.63, 3.8) is 0 Å². The zero-order valence-corrected chi connectivity index (χ0v) is 9.25. The first-order valence-corrected chi connectivity index (χ1v) is 4.74. The molecule has 0 N–H and O–H groups in total. The van der Waals surface area contributed by atoms with Gasteiger partial charge < -0.3 is 4.74 Å². The van der Waals surface area contributed by atoms with Crippen LogP contribution in [-0.4, -0.2) is 6.36 Å². The smallest absolute Gasteiger partial charge is 0.406 e. The maximum Gasteiger partial charge on any atom is 0.573 e. The van der Waals surface area contributed by atoms with Crippen molar-refractivity contribution in [2.24, 2.45) is 0 Å². The van der Waals surface area contributed by atoms with Crippen LogP contribution in [0.2, 0.25) is 0 Å². The monoisotopic (exact) mass is 252 g/mol. The molecule has 3 nitrogen and oxygen atoms in total. The molecule has 0 amide bonds. The number of nitriles is 2. The van der Waals surface area contributed by atoms with Crippen LogP contribution in [0, 0.1) is 29.6 Å². The Morgan fingerprint density at radius 2 is 1.89 bits per heavy atom. The van der Waals surface area contributed by atoms with Gasteiger partial charge in [-0.3, -0.25) is 0 Å². The second kappa shape index (κ2) is 5.24. The molecule has 18 heavy (non-hydrogen) atoms. The predicted octanol–water partition coefficient (Wildman–Crippen LogP) is 3.32. The predicted molar refractivity (Wildman–Crippen MR) is 57.1 cm³/mol. The van der Waals surface area contributed by atoms with Crippen LogP contribution < -0.4 is 4.74 Å². The summed E-state index contributed by atoms with van der Waals surface area (Å²) in [7, 11) is 0. The second-order valence-electron chi connectivity index (χ2n) is 3.35. The van der Waals surface area contributed by atoms with E-state index in [0.29, 0.717) is 11.1 Å². The number of alkyl halides is 3. The minimum Gasteiger partial charge on any atom is -0.406 e. The average molecular weight is 252 g/mol. The van der Waals surface area contributed by atoms with E-state index < -0.39 is 6.36 Å². The van der Waals surface area contributed by atoms with Crippen molar-refractivity contribution in [3.8, 4) is 17.9 Å². The van der Waals surface area contributed by atoms with Gasteiger partial charge in [-0.2, -0.15) is 10.5 Å². The number of hydrogen-bond acceptors (Lipinski definition) is 3. The Balaban J connectivity index is 3.06. The molecule has 1 aromatic rings. The molecule has 0 atom stereocenters. The average Bonchev–Trinajstić information content (AvgIpc) is 2.26. The first kappa shape index (κ1) is 13.6. The van der Waals surface area contributed by atoms with Crippen LogP contribution in [0.3, 0.4) is 0 Å². The molecule has 6 heteroatoms. The molecule has 0 aromatic heterocycles. The quantitative estimate of drug-likeness (QED) is 0.758. The number of aryl methyl sites for hydroxylation is 1. The van der Waals surface area contributed by atoms with Crippen LogP contribution >= 0.6 is 0 Å². The molecule has 0 saturated heterocycles. The molecule has 0 unspecified atom stereocenters. The van der Waals surface area contributed by atoms with Crippen molar-refractivity contribution >= 4 is 6.08 Å². The summed E-state index contributed by atoms with van der Waals surface area (Å²) >= 11 is 0. The molecule has 0 radical (unpaired) electrons. The number of hydrogen-bond donors (Lipinski definition) is 0. The lowest BCUT2D eigenvalue weighted by atomic mass is 10.1. The summed E-state index contributed by atoms with van der Waals surface area (Å²) in [5.41, 5.74) is 0.838. The van der Waals surface area contributed by atoms with E-state index in [0.717, 1.165) is 6.07 Å². The van der Waals surface area contributed by atoms with Crippen LogP contribution in [0.1, 0.15) is 11.1 Å². The summed E-state index contributed by atoms with van der Waals surface area (Å²) in [4.78, 5) is 0. The highest BCUT2D eigenvalue weighted by Gasteiger charge is 2.31. The molecule has 1 rings (SSSR count). The summed E-state index contributed by atoms with van der Waals surface area (Å²) < 4.78 is 39.7. The normalized spacial score (nSPS) is 10.1. The molecule has 0 fully saturated rings. The molecule has 0 aliphatic heterocycles. The summed E-state index contributed by atoms with van der Waals surface area (Å²) in [6, 6.07) is 7.00. The van der Waals surface area contributed by atoms with Gasteiger partial charge >= 0.3 is 6.36 Å². The van der Waals surface area contributed by atoms with E-state index in [4.69, 9.17) is 10.5 Å². The molecule has 0 heterocycles. The van der Waals surface area contributed by atoms with Crippen molar-refractivity contribution in [1.29, 1.82) is 10.5 Å². The third-order valence-electron chi connectivity index (χ3n) is 2.02. The highest BCUT2D eigenvalue weighted by Crippen LogP contribution is 2.25. The van der Waals surface area contributed by atoms with Crippen LogP contribution in [-0.2, 0) is 0 Å². The molecular weight excluding hydrogens is 245 g/mol. The maximum absolute atomic E-state index is 12.0. The molecular formula is C12H7F3N2O. The number of benzene rings is 1. The maximum atomic E-state index is 12.0. The highest BCUT2D eigenvalue weighted by atomic mass is 19.4. The minimum absolute atomic E-state index is 0.123. The van der Waals surface area contributed by atoms with Crippen molar-refractivity contribution < 1.29 is 17.9 Å². The molecule has 0 saturated carbocycles. The number of ether oxygens (including phenoxy) is 1. The van der Waals surface area contributed by atoms with Gasteiger partial charge in [-0.25, -0.2) is 0 Å². The van der Waals surface area contributed by atoms with Crippen LogP contribution in [0.15, 0.2) is 23.8 Å². The first-order chi connectivity index (χ1) is 8.35. The van der Waals surface area contributed by atoms with Gasteiger partial charge in [0.25, 0.3) is 0 Å². The molecule has 0 aliphatic rings. The summed E-state index contributed by atoms with van der Waals surface area (Å²) in [6.07, 6.45) is -3.44. The van der Waals surface area contributed by atoms with Crippen molar-refractivity contribution in [2.45, 2.75) is 13.3 Å². The Morgan fingerprint density at radius 3 is 2.33 bits per heavy atom. The summed E-state index contributed by atoms with van der Waals surface area (Å²) in [5.74, 6) is -0.340. The zero-order chi connectivity index (χ0) is 13.8. The number of nitrogens with zero attached hydrogens (tertiary/aromatic N) is 2. The number of halogens is 3. The summed E-state index contributed by atoms with van der Waals surface area (Å²) in [5, 5.41) is 17.1. The lowest BCUT2D eigenvalue weighted by Gasteiger charge is -2.10. The summed E-state index contributed by atoms with van der Waals surface area (Å²) in [6.45, 7) is 1.56. The largest absolute Gasteiger partial charge is 0.573 e. The van der Waals surface area contributed by atoms with Crippen molar-refractivity contribution in [3.05, 3.63) is 34.9 Å².